The first-order valence-corrected chi connectivity index (χ1v) is 20.5. The molecule has 8 nitrogen and oxygen atoms in total. The minimum Gasteiger partial charge on any atom is -0.454 e. The number of aromatic nitrogens is 7. The SMILES string of the molecule is c1ccc(-c2nc(-c3ccccc3)nc(-c3ccc(-c4cc5c6ccccc6oc5c5c4c4ccccc4n5-c4nc(-c5ccccc5)nc(-c5ccccc5)n4)cc3)n2)cc1. The Hall–Kier alpha value is -8.62. The van der Waals surface area contributed by atoms with Gasteiger partial charge in [-0.2, -0.15) is 9.97 Å². The minimum absolute atomic E-state index is 0.497. The van der Waals surface area contributed by atoms with Gasteiger partial charge in [-0.25, -0.2) is 19.9 Å². The largest absolute Gasteiger partial charge is 0.454 e. The molecule has 8 heteroatoms. The molecule has 0 spiro atoms. The fourth-order valence-electron chi connectivity index (χ4n) is 8.40. The van der Waals surface area contributed by atoms with Crippen molar-refractivity contribution in [3.05, 3.63) is 200 Å². The van der Waals surface area contributed by atoms with Gasteiger partial charge in [0.05, 0.1) is 5.52 Å². The summed E-state index contributed by atoms with van der Waals surface area (Å²) in [4.78, 5) is 30.3. The number of nitrogens with zero attached hydrogens (tertiary/aromatic N) is 7. The van der Waals surface area contributed by atoms with Crippen LogP contribution in [0.5, 0.6) is 0 Å². The third-order valence-corrected chi connectivity index (χ3v) is 11.3. The Bertz CT molecular complexity index is 3490. The first-order chi connectivity index (χ1) is 30.7. The molecule has 8 aromatic carbocycles. The zero-order chi connectivity index (χ0) is 41.0. The van der Waals surface area contributed by atoms with Crippen LogP contribution in [0, 0.1) is 0 Å². The van der Waals surface area contributed by atoms with Gasteiger partial charge < -0.3 is 4.42 Å². The van der Waals surface area contributed by atoms with Gasteiger partial charge in [0.1, 0.15) is 11.1 Å². The van der Waals surface area contributed by atoms with Crippen LogP contribution in [0.3, 0.4) is 0 Å². The molecule has 4 heterocycles. The molecule has 0 amide bonds. The Balaban J connectivity index is 1.10. The lowest BCUT2D eigenvalue weighted by Gasteiger charge is -2.12. The predicted octanol–water partition coefficient (Wildman–Crippen LogP) is 13.1. The van der Waals surface area contributed by atoms with Gasteiger partial charge in [-0.05, 0) is 29.3 Å². The van der Waals surface area contributed by atoms with Gasteiger partial charge in [-0.3, -0.25) is 4.57 Å². The maximum Gasteiger partial charge on any atom is 0.238 e. The Kier molecular flexibility index (Phi) is 8.31. The summed E-state index contributed by atoms with van der Waals surface area (Å²) in [5, 5.41) is 4.09. The zero-order valence-corrected chi connectivity index (χ0v) is 33.1. The molecule has 290 valence electrons. The summed E-state index contributed by atoms with van der Waals surface area (Å²) < 4.78 is 8.98. The van der Waals surface area contributed by atoms with Crippen LogP contribution in [0.2, 0.25) is 0 Å². The van der Waals surface area contributed by atoms with Crippen LogP contribution >= 0.6 is 0 Å². The van der Waals surface area contributed by atoms with E-state index in [1.54, 1.807) is 0 Å². The standard InChI is InChI=1S/C54H33N7O/c1-5-17-35(18-6-1)49-55-50(36-19-7-2-8-20-36)57-51(56-49)39-31-29-34(30-32-39)42-33-43-40-25-14-16-28-45(40)62-48(43)47-46(42)41-26-13-15-27-44(41)61(47)54-59-52(37-21-9-3-10-22-37)58-53(60-54)38-23-11-4-12-24-38/h1-33H. The fraction of sp³-hybridized carbons (Fsp3) is 0. The molecule has 12 aromatic rings. The maximum absolute atomic E-state index is 6.84. The lowest BCUT2D eigenvalue weighted by atomic mass is 9.96. The van der Waals surface area contributed by atoms with E-state index in [0.29, 0.717) is 35.1 Å². The molecule has 0 aliphatic heterocycles. The van der Waals surface area contributed by atoms with Crippen LogP contribution in [0.15, 0.2) is 205 Å². The molecular formula is C54H33N7O. The van der Waals surface area contributed by atoms with Crippen LogP contribution in [-0.2, 0) is 0 Å². The van der Waals surface area contributed by atoms with Crippen molar-refractivity contribution in [1.82, 2.24) is 34.5 Å². The third kappa shape index (κ3) is 6.00. The monoisotopic (exact) mass is 795 g/mol. The Morgan fingerprint density at radius 1 is 0.339 bits per heavy atom. The predicted molar refractivity (Wildman–Crippen MR) is 247 cm³/mol. The summed E-state index contributed by atoms with van der Waals surface area (Å²) in [6, 6.07) is 67.6. The molecule has 0 fully saturated rings. The number of fused-ring (bicyclic) bond motifs is 7. The normalized spacial score (nSPS) is 11.5. The molecule has 0 bridgehead atoms. The van der Waals surface area contributed by atoms with Gasteiger partial charge in [0.15, 0.2) is 34.7 Å². The molecule has 0 saturated carbocycles. The van der Waals surface area contributed by atoms with Crippen molar-refractivity contribution in [2.75, 3.05) is 0 Å². The number of rotatable bonds is 7. The van der Waals surface area contributed by atoms with Crippen molar-refractivity contribution in [2.45, 2.75) is 0 Å². The summed E-state index contributed by atoms with van der Waals surface area (Å²) >= 11 is 0. The molecule has 62 heavy (non-hydrogen) atoms. The number of furan rings is 1. The van der Waals surface area contributed by atoms with E-state index >= 15 is 0 Å². The highest BCUT2D eigenvalue weighted by molar-refractivity contribution is 6.26. The first kappa shape index (κ1) is 35.3. The van der Waals surface area contributed by atoms with E-state index in [1.807, 2.05) is 133 Å². The number of para-hydroxylation sites is 2. The zero-order valence-electron chi connectivity index (χ0n) is 33.1. The minimum atomic E-state index is 0.497. The van der Waals surface area contributed by atoms with E-state index in [4.69, 9.17) is 34.3 Å². The van der Waals surface area contributed by atoms with E-state index in [9.17, 15) is 0 Å². The van der Waals surface area contributed by atoms with Crippen molar-refractivity contribution >= 4 is 43.7 Å². The quantitative estimate of drug-likeness (QED) is 0.158. The highest BCUT2D eigenvalue weighted by Crippen LogP contribution is 2.45. The lowest BCUT2D eigenvalue weighted by Crippen LogP contribution is -2.06. The molecule has 0 saturated heterocycles. The van der Waals surface area contributed by atoms with E-state index in [1.165, 1.54) is 0 Å². The van der Waals surface area contributed by atoms with Crippen molar-refractivity contribution < 1.29 is 4.42 Å². The van der Waals surface area contributed by atoms with E-state index in [0.717, 1.165) is 82.7 Å². The topological polar surface area (TPSA) is 95.4 Å². The van der Waals surface area contributed by atoms with E-state index in [2.05, 4.69) is 71.3 Å². The number of benzene rings is 8. The fourth-order valence-corrected chi connectivity index (χ4v) is 8.40. The summed E-state index contributed by atoms with van der Waals surface area (Å²) in [7, 11) is 0. The Morgan fingerprint density at radius 2 is 0.742 bits per heavy atom. The second-order valence-electron chi connectivity index (χ2n) is 15.1. The van der Waals surface area contributed by atoms with Crippen LogP contribution in [0.1, 0.15) is 0 Å². The van der Waals surface area contributed by atoms with Crippen LogP contribution in [0.4, 0.5) is 0 Å². The molecule has 0 atom stereocenters. The van der Waals surface area contributed by atoms with Crippen LogP contribution in [-0.4, -0.2) is 34.5 Å². The average Bonchev–Trinajstić information content (AvgIpc) is 3.91. The molecular weight excluding hydrogens is 763 g/mol. The second-order valence-corrected chi connectivity index (χ2v) is 15.1. The molecule has 0 aliphatic rings. The molecule has 0 radical (unpaired) electrons. The molecule has 0 N–H and O–H groups in total. The van der Waals surface area contributed by atoms with Gasteiger partial charge in [0, 0.05) is 49.4 Å². The van der Waals surface area contributed by atoms with Gasteiger partial charge >= 0.3 is 0 Å². The van der Waals surface area contributed by atoms with Gasteiger partial charge in [-0.1, -0.05) is 182 Å². The lowest BCUT2D eigenvalue weighted by molar-refractivity contribution is 0.670. The summed E-state index contributed by atoms with van der Waals surface area (Å²) in [6.07, 6.45) is 0. The van der Waals surface area contributed by atoms with Crippen LogP contribution < -0.4 is 0 Å². The van der Waals surface area contributed by atoms with Gasteiger partial charge in [-0.15, -0.1) is 0 Å². The van der Waals surface area contributed by atoms with Crippen molar-refractivity contribution in [2.24, 2.45) is 0 Å². The second kappa shape index (κ2) is 14.6. The van der Waals surface area contributed by atoms with Gasteiger partial charge in [0.25, 0.3) is 0 Å². The summed E-state index contributed by atoms with van der Waals surface area (Å²) in [5.74, 6) is 3.50. The Morgan fingerprint density at radius 3 is 1.26 bits per heavy atom. The van der Waals surface area contributed by atoms with Gasteiger partial charge in [0.2, 0.25) is 5.95 Å². The molecule has 4 aromatic heterocycles. The van der Waals surface area contributed by atoms with E-state index < -0.39 is 0 Å². The van der Waals surface area contributed by atoms with Crippen molar-refractivity contribution in [3.63, 3.8) is 0 Å². The summed E-state index contributed by atoms with van der Waals surface area (Å²) in [6.45, 7) is 0. The number of hydrogen-bond donors (Lipinski definition) is 0. The summed E-state index contributed by atoms with van der Waals surface area (Å²) in [5.41, 5.74) is 9.99. The Labute approximate surface area is 355 Å². The highest BCUT2D eigenvalue weighted by Gasteiger charge is 2.25. The maximum atomic E-state index is 6.84. The number of hydrogen-bond acceptors (Lipinski definition) is 7. The van der Waals surface area contributed by atoms with E-state index in [-0.39, 0.29) is 0 Å². The molecule has 12 rings (SSSR count). The van der Waals surface area contributed by atoms with Crippen molar-refractivity contribution in [3.8, 4) is 74.0 Å². The van der Waals surface area contributed by atoms with Crippen LogP contribution in [0.25, 0.3) is 118 Å². The average molecular weight is 796 g/mol. The third-order valence-electron chi connectivity index (χ3n) is 11.3. The smallest absolute Gasteiger partial charge is 0.238 e. The molecule has 0 aliphatic carbocycles. The molecule has 0 unspecified atom stereocenters. The van der Waals surface area contributed by atoms with Crippen molar-refractivity contribution in [1.29, 1.82) is 0 Å². The first-order valence-electron chi connectivity index (χ1n) is 20.5. The highest BCUT2D eigenvalue weighted by atomic mass is 16.3.